The highest BCUT2D eigenvalue weighted by molar-refractivity contribution is 9.10. The first-order valence-electron chi connectivity index (χ1n) is 5.37. The Labute approximate surface area is 105 Å². The Balaban J connectivity index is 2.95. The number of carbonyl (C=O) groups excluding carboxylic acids is 1. The number of hydrogen-bond acceptors (Lipinski definition) is 2. The first kappa shape index (κ1) is 13.2. The number of halogens is 1. The molecule has 16 heavy (non-hydrogen) atoms. The molecule has 1 aromatic carbocycles. The molecule has 0 radical (unpaired) electrons. The molecule has 88 valence electrons. The molecule has 0 fully saturated rings. The van der Waals surface area contributed by atoms with E-state index in [9.17, 15) is 4.79 Å². The second-order valence-corrected chi connectivity index (χ2v) is 5.50. The van der Waals surface area contributed by atoms with Crippen LogP contribution in [0.25, 0.3) is 0 Å². The van der Waals surface area contributed by atoms with Gasteiger partial charge < -0.3 is 4.74 Å². The Morgan fingerprint density at radius 2 is 1.94 bits per heavy atom. The number of ether oxygens (including phenoxy) is 1. The summed E-state index contributed by atoms with van der Waals surface area (Å²) in [5.74, 6) is 0.938. The molecule has 0 spiro atoms. The predicted molar refractivity (Wildman–Crippen MR) is 69.7 cm³/mol. The van der Waals surface area contributed by atoms with Crippen LogP contribution in [0.4, 0.5) is 0 Å². The molecule has 0 heterocycles. The van der Waals surface area contributed by atoms with Crippen LogP contribution in [0.5, 0.6) is 5.75 Å². The number of aryl methyl sites for hydroxylation is 1. The van der Waals surface area contributed by atoms with Crippen molar-refractivity contribution >= 4 is 21.7 Å². The summed E-state index contributed by atoms with van der Waals surface area (Å²) >= 11 is 3.28. The molecule has 1 unspecified atom stereocenters. The first-order chi connectivity index (χ1) is 7.41. The van der Waals surface area contributed by atoms with Gasteiger partial charge in [-0.2, -0.15) is 0 Å². The summed E-state index contributed by atoms with van der Waals surface area (Å²) in [7, 11) is 0. The van der Waals surface area contributed by atoms with E-state index in [4.69, 9.17) is 4.74 Å². The van der Waals surface area contributed by atoms with Gasteiger partial charge in [-0.3, -0.25) is 4.79 Å². The van der Waals surface area contributed by atoms with Crippen LogP contribution in [-0.2, 0) is 0 Å². The van der Waals surface area contributed by atoms with E-state index >= 15 is 0 Å². The highest BCUT2D eigenvalue weighted by Crippen LogP contribution is 2.22. The van der Waals surface area contributed by atoms with Gasteiger partial charge in [-0.15, -0.1) is 0 Å². The second-order valence-electron chi connectivity index (χ2n) is 4.13. The largest absolute Gasteiger partial charge is 0.491 e. The van der Waals surface area contributed by atoms with E-state index in [1.165, 1.54) is 0 Å². The lowest BCUT2D eigenvalue weighted by atomic mass is 10.1. The molecule has 0 bridgehead atoms. The number of Topliss-reactive ketones (excluding diaryl/α,β-unsaturated/α-hetero) is 1. The van der Waals surface area contributed by atoms with Crippen molar-refractivity contribution in [3.8, 4) is 5.75 Å². The predicted octanol–water partition coefficient (Wildman–Crippen LogP) is 3.75. The van der Waals surface area contributed by atoms with Gasteiger partial charge in [0.15, 0.2) is 5.78 Å². The zero-order valence-electron chi connectivity index (χ0n) is 10.1. The molecule has 1 atom stereocenters. The van der Waals surface area contributed by atoms with E-state index in [-0.39, 0.29) is 16.7 Å². The van der Waals surface area contributed by atoms with Crippen molar-refractivity contribution in [2.24, 2.45) is 0 Å². The van der Waals surface area contributed by atoms with Gasteiger partial charge in [-0.05, 0) is 51.5 Å². The summed E-state index contributed by atoms with van der Waals surface area (Å²) in [6.07, 6.45) is 0.148. The van der Waals surface area contributed by atoms with Crippen molar-refractivity contribution in [3.05, 3.63) is 29.3 Å². The Hall–Kier alpha value is -0.830. The highest BCUT2D eigenvalue weighted by Gasteiger charge is 2.13. The van der Waals surface area contributed by atoms with Crippen molar-refractivity contribution in [2.45, 2.75) is 38.6 Å². The molecule has 1 aromatic rings. The molecule has 0 aliphatic heterocycles. The summed E-state index contributed by atoms with van der Waals surface area (Å²) in [5, 5.41) is 0. The third kappa shape index (κ3) is 3.34. The third-order valence-corrected chi connectivity index (χ3v) is 2.60. The van der Waals surface area contributed by atoms with Crippen molar-refractivity contribution in [1.29, 1.82) is 0 Å². The highest BCUT2D eigenvalue weighted by atomic mass is 79.9. The van der Waals surface area contributed by atoms with Crippen LogP contribution in [0.2, 0.25) is 0 Å². The normalized spacial score (nSPS) is 12.6. The summed E-state index contributed by atoms with van der Waals surface area (Å²) in [5.41, 5.74) is 1.71. The minimum Gasteiger partial charge on any atom is -0.491 e. The van der Waals surface area contributed by atoms with Crippen LogP contribution >= 0.6 is 15.9 Å². The molecule has 0 saturated heterocycles. The summed E-state index contributed by atoms with van der Waals surface area (Å²) < 4.78 is 5.62. The Morgan fingerprint density at radius 3 is 2.38 bits per heavy atom. The molecule has 2 nitrogen and oxygen atoms in total. The van der Waals surface area contributed by atoms with Crippen molar-refractivity contribution in [2.75, 3.05) is 0 Å². The molecule has 0 aromatic heterocycles. The fourth-order valence-corrected chi connectivity index (χ4v) is 1.68. The van der Waals surface area contributed by atoms with Crippen LogP contribution in [-0.4, -0.2) is 16.7 Å². The number of benzene rings is 1. The van der Waals surface area contributed by atoms with Gasteiger partial charge in [0.05, 0.1) is 10.9 Å². The van der Waals surface area contributed by atoms with E-state index in [1.807, 2.05) is 45.9 Å². The van der Waals surface area contributed by atoms with Gasteiger partial charge in [0.25, 0.3) is 0 Å². The van der Waals surface area contributed by atoms with Gasteiger partial charge in [-0.25, -0.2) is 0 Å². The quantitative estimate of drug-likeness (QED) is 0.622. The zero-order valence-corrected chi connectivity index (χ0v) is 11.7. The molecule has 1 rings (SSSR count). The van der Waals surface area contributed by atoms with Gasteiger partial charge in [0.1, 0.15) is 5.75 Å². The number of hydrogen-bond donors (Lipinski definition) is 0. The zero-order chi connectivity index (χ0) is 12.3. The Morgan fingerprint density at radius 1 is 1.31 bits per heavy atom. The Kier molecular flexibility index (Phi) is 4.54. The molecule has 0 saturated carbocycles. The van der Waals surface area contributed by atoms with E-state index < -0.39 is 0 Å². The standard InChI is InChI=1S/C13H17BrO2/c1-8(2)16-12-6-5-11(7-9(12)3)13(15)10(4)14/h5-8,10H,1-4H3. The minimum absolute atomic E-state index is 0.0965. The smallest absolute Gasteiger partial charge is 0.176 e. The number of rotatable bonds is 4. The number of carbonyl (C=O) groups is 1. The fraction of sp³-hybridized carbons (Fsp3) is 0.462. The maximum absolute atomic E-state index is 11.7. The fourth-order valence-electron chi connectivity index (χ4n) is 1.42. The number of ketones is 1. The topological polar surface area (TPSA) is 26.3 Å². The molecule has 0 N–H and O–H groups in total. The van der Waals surface area contributed by atoms with Gasteiger partial charge in [0.2, 0.25) is 0 Å². The van der Waals surface area contributed by atoms with E-state index in [0.29, 0.717) is 0 Å². The molecular formula is C13H17BrO2. The van der Waals surface area contributed by atoms with E-state index in [1.54, 1.807) is 0 Å². The average molecular weight is 285 g/mol. The summed E-state index contributed by atoms with van der Waals surface area (Å²) in [4.78, 5) is 11.6. The van der Waals surface area contributed by atoms with Crippen molar-refractivity contribution in [3.63, 3.8) is 0 Å². The van der Waals surface area contributed by atoms with Gasteiger partial charge >= 0.3 is 0 Å². The monoisotopic (exact) mass is 284 g/mol. The Bertz CT molecular complexity index is 384. The summed E-state index contributed by atoms with van der Waals surface area (Å²) in [6.45, 7) is 7.75. The lowest BCUT2D eigenvalue weighted by Crippen LogP contribution is -2.11. The molecule has 0 aliphatic carbocycles. The lowest BCUT2D eigenvalue weighted by Gasteiger charge is -2.13. The van der Waals surface area contributed by atoms with Crippen molar-refractivity contribution in [1.82, 2.24) is 0 Å². The van der Waals surface area contributed by atoms with Crippen LogP contribution in [0.3, 0.4) is 0 Å². The van der Waals surface area contributed by atoms with Gasteiger partial charge in [0, 0.05) is 5.56 Å². The molecular weight excluding hydrogens is 268 g/mol. The summed E-state index contributed by atoms with van der Waals surface area (Å²) in [6, 6.07) is 5.54. The second kappa shape index (κ2) is 5.48. The maximum atomic E-state index is 11.7. The first-order valence-corrected chi connectivity index (χ1v) is 6.29. The van der Waals surface area contributed by atoms with Crippen molar-refractivity contribution < 1.29 is 9.53 Å². The molecule has 0 amide bonds. The van der Waals surface area contributed by atoms with Crippen LogP contribution in [0.1, 0.15) is 36.7 Å². The van der Waals surface area contributed by atoms with E-state index in [2.05, 4.69) is 15.9 Å². The minimum atomic E-state index is -0.149. The maximum Gasteiger partial charge on any atom is 0.176 e. The average Bonchev–Trinajstić information content (AvgIpc) is 2.19. The SMILES string of the molecule is Cc1cc(C(=O)C(C)Br)ccc1OC(C)C. The molecule has 3 heteroatoms. The van der Waals surface area contributed by atoms with Crippen LogP contribution < -0.4 is 4.74 Å². The molecule has 0 aliphatic rings. The van der Waals surface area contributed by atoms with Gasteiger partial charge in [-0.1, -0.05) is 15.9 Å². The van der Waals surface area contributed by atoms with Crippen LogP contribution in [0, 0.1) is 6.92 Å². The number of alkyl halides is 1. The lowest BCUT2D eigenvalue weighted by molar-refractivity contribution is 0.0995. The third-order valence-electron chi connectivity index (χ3n) is 2.18. The van der Waals surface area contributed by atoms with E-state index in [0.717, 1.165) is 16.9 Å². The van der Waals surface area contributed by atoms with Crippen LogP contribution in [0.15, 0.2) is 18.2 Å².